The van der Waals surface area contributed by atoms with Gasteiger partial charge in [0.2, 0.25) is 15.9 Å². The summed E-state index contributed by atoms with van der Waals surface area (Å²) in [6.07, 6.45) is -1.64. The average Bonchev–Trinajstić information content (AvgIpc) is 2.77. The molecule has 2 rings (SSSR count). The topological polar surface area (TPSA) is 125 Å². The van der Waals surface area contributed by atoms with Crippen molar-refractivity contribution in [3.8, 4) is 0 Å². The van der Waals surface area contributed by atoms with Gasteiger partial charge >= 0.3 is 6.09 Å². The van der Waals surface area contributed by atoms with Gasteiger partial charge in [-0.3, -0.25) is 4.79 Å². The Balaban J connectivity index is 2.31. The van der Waals surface area contributed by atoms with Gasteiger partial charge in [0.1, 0.15) is 5.60 Å². The molecule has 0 fully saturated rings. The molecule has 0 saturated heterocycles. The fourth-order valence-electron chi connectivity index (χ4n) is 3.69. The number of nitrogens with one attached hydrogen (secondary N) is 2. The van der Waals surface area contributed by atoms with Gasteiger partial charge in [0.05, 0.1) is 17.0 Å². The fourth-order valence-corrected chi connectivity index (χ4v) is 5.31. The summed E-state index contributed by atoms with van der Waals surface area (Å²) in [4.78, 5) is 23.9. The van der Waals surface area contributed by atoms with Crippen LogP contribution in [0.15, 0.2) is 59.5 Å². The number of aliphatic hydroxyl groups is 1. The molecule has 37 heavy (non-hydrogen) atoms. The van der Waals surface area contributed by atoms with Crippen molar-refractivity contribution < 1.29 is 27.9 Å². The van der Waals surface area contributed by atoms with E-state index < -0.39 is 33.9 Å². The molecule has 2 atom stereocenters. The van der Waals surface area contributed by atoms with Crippen LogP contribution in [0.3, 0.4) is 0 Å². The Morgan fingerprint density at radius 3 is 2.11 bits per heavy atom. The van der Waals surface area contributed by atoms with Gasteiger partial charge in [-0.1, -0.05) is 44.2 Å². The predicted octanol–water partition coefficient (Wildman–Crippen LogP) is 3.79. The number of amides is 2. The summed E-state index contributed by atoms with van der Waals surface area (Å²) in [5, 5.41) is 16.6. The summed E-state index contributed by atoms with van der Waals surface area (Å²) in [7, 11) is -3.98. The molecule has 0 aliphatic carbocycles. The molecule has 0 bridgehead atoms. The molecule has 0 saturated carbocycles. The summed E-state index contributed by atoms with van der Waals surface area (Å²) in [5.74, 6) is -0.283. The normalized spacial score (nSPS) is 13.8. The third-order valence-corrected chi connectivity index (χ3v) is 7.08. The SMILES string of the molecule is CC(=O)Nc1ccc(S(=O)(=O)N(CC(C)C)CC(O)C(Cc2ccccc2)NC(=O)OC(C)(C)C)cc1. The number of carbonyl (C=O) groups excluding carboxylic acids is 2. The lowest BCUT2D eigenvalue weighted by molar-refractivity contribution is -0.114. The van der Waals surface area contributed by atoms with Crippen molar-refractivity contribution in [1.29, 1.82) is 0 Å². The van der Waals surface area contributed by atoms with Crippen LogP contribution in [0, 0.1) is 5.92 Å². The number of alkyl carbamates (subject to hydrolysis) is 1. The molecule has 2 aromatic carbocycles. The molecule has 0 aromatic heterocycles. The second-order valence-corrected chi connectivity index (χ2v) is 12.4. The lowest BCUT2D eigenvalue weighted by atomic mass is 10.0. The van der Waals surface area contributed by atoms with Gasteiger partial charge in [-0.15, -0.1) is 0 Å². The molecule has 204 valence electrons. The van der Waals surface area contributed by atoms with E-state index in [-0.39, 0.29) is 36.2 Å². The quantitative estimate of drug-likeness (QED) is 0.404. The molecule has 9 nitrogen and oxygen atoms in total. The third-order valence-electron chi connectivity index (χ3n) is 5.24. The molecule has 2 amide bonds. The van der Waals surface area contributed by atoms with Gasteiger partial charge in [-0.05, 0) is 62.9 Å². The van der Waals surface area contributed by atoms with Crippen LogP contribution in [0.25, 0.3) is 0 Å². The first-order chi connectivity index (χ1) is 17.2. The van der Waals surface area contributed by atoms with E-state index in [1.54, 1.807) is 20.8 Å². The van der Waals surface area contributed by atoms with Crippen molar-refractivity contribution in [3.63, 3.8) is 0 Å². The van der Waals surface area contributed by atoms with Crippen molar-refractivity contribution >= 4 is 27.7 Å². The summed E-state index contributed by atoms with van der Waals surface area (Å²) >= 11 is 0. The number of hydrogen-bond donors (Lipinski definition) is 3. The number of sulfonamides is 1. The number of aliphatic hydroxyl groups excluding tert-OH is 1. The highest BCUT2D eigenvalue weighted by Gasteiger charge is 2.32. The van der Waals surface area contributed by atoms with Crippen molar-refractivity contribution in [2.75, 3.05) is 18.4 Å². The minimum absolute atomic E-state index is 0.0213. The molecule has 3 N–H and O–H groups in total. The fraction of sp³-hybridized carbons (Fsp3) is 0.481. The Bertz CT molecular complexity index is 1130. The van der Waals surface area contributed by atoms with Gasteiger partial charge in [0.25, 0.3) is 0 Å². The Morgan fingerprint density at radius 1 is 1.00 bits per heavy atom. The monoisotopic (exact) mass is 533 g/mol. The second-order valence-electron chi connectivity index (χ2n) is 10.4. The lowest BCUT2D eigenvalue weighted by Crippen LogP contribution is -2.51. The summed E-state index contributed by atoms with van der Waals surface area (Å²) < 4.78 is 33.7. The van der Waals surface area contributed by atoms with E-state index >= 15 is 0 Å². The first-order valence-corrected chi connectivity index (χ1v) is 13.7. The molecule has 0 heterocycles. The zero-order valence-corrected chi connectivity index (χ0v) is 23.2. The van der Waals surface area contributed by atoms with E-state index in [0.29, 0.717) is 5.69 Å². The Hall–Kier alpha value is -2.95. The summed E-state index contributed by atoms with van der Waals surface area (Å²) in [5.41, 5.74) is 0.615. The van der Waals surface area contributed by atoms with E-state index in [4.69, 9.17) is 4.74 Å². The van der Waals surface area contributed by atoms with Gasteiger partial charge in [-0.25, -0.2) is 13.2 Å². The van der Waals surface area contributed by atoms with Crippen LogP contribution in [0.2, 0.25) is 0 Å². The van der Waals surface area contributed by atoms with Crippen molar-refractivity contribution in [2.24, 2.45) is 5.92 Å². The highest BCUT2D eigenvalue weighted by atomic mass is 32.2. The molecule has 0 aliphatic rings. The van der Waals surface area contributed by atoms with Crippen LogP contribution in [0.1, 0.15) is 47.1 Å². The van der Waals surface area contributed by atoms with Gasteiger partial charge in [0, 0.05) is 25.7 Å². The molecular weight excluding hydrogens is 494 g/mol. The first kappa shape index (κ1) is 30.3. The van der Waals surface area contributed by atoms with E-state index in [1.807, 2.05) is 44.2 Å². The number of carbonyl (C=O) groups is 2. The molecule has 2 aromatic rings. The van der Waals surface area contributed by atoms with Crippen LogP contribution >= 0.6 is 0 Å². The zero-order chi connectivity index (χ0) is 27.8. The Kier molecular flexibility index (Phi) is 10.7. The first-order valence-electron chi connectivity index (χ1n) is 12.3. The van der Waals surface area contributed by atoms with E-state index in [0.717, 1.165) is 5.56 Å². The lowest BCUT2D eigenvalue weighted by Gasteiger charge is -2.31. The number of ether oxygens (including phenoxy) is 1. The molecule has 0 aliphatic heterocycles. The maximum absolute atomic E-state index is 13.5. The van der Waals surface area contributed by atoms with Gasteiger partial charge < -0.3 is 20.5 Å². The largest absolute Gasteiger partial charge is 0.444 e. The molecule has 0 radical (unpaired) electrons. The highest BCUT2D eigenvalue weighted by Crippen LogP contribution is 2.21. The van der Waals surface area contributed by atoms with Crippen LogP contribution in [0.4, 0.5) is 10.5 Å². The Morgan fingerprint density at radius 2 is 1.59 bits per heavy atom. The van der Waals surface area contributed by atoms with Crippen LogP contribution < -0.4 is 10.6 Å². The number of anilines is 1. The average molecular weight is 534 g/mol. The minimum atomic E-state index is -3.98. The maximum Gasteiger partial charge on any atom is 0.407 e. The van der Waals surface area contributed by atoms with E-state index in [9.17, 15) is 23.1 Å². The number of hydrogen-bond acceptors (Lipinski definition) is 6. The van der Waals surface area contributed by atoms with Gasteiger partial charge in [-0.2, -0.15) is 4.31 Å². The standard InChI is InChI=1S/C27H39N3O6S/c1-19(2)17-30(37(34,35)23-14-12-22(13-15-23)28-20(3)31)18-25(32)24(16-21-10-8-7-9-11-21)29-26(33)36-27(4,5)6/h7-15,19,24-25,32H,16-18H2,1-6H3,(H,28,31)(H,29,33). The minimum Gasteiger partial charge on any atom is -0.444 e. The summed E-state index contributed by atoms with van der Waals surface area (Å²) in [6.45, 7) is 10.3. The third kappa shape index (κ3) is 10.1. The Labute approximate surface area is 220 Å². The molecule has 10 heteroatoms. The van der Waals surface area contributed by atoms with Crippen LogP contribution in [-0.2, 0) is 26.0 Å². The number of rotatable bonds is 11. The van der Waals surface area contributed by atoms with Crippen LogP contribution in [0.5, 0.6) is 0 Å². The van der Waals surface area contributed by atoms with Crippen molar-refractivity contribution in [2.45, 2.75) is 70.6 Å². The molecular formula is C27H39N3O6S. The van der Waals surface area contributed by atoms with E-state index in [2.05, 4.69) is 10.6 Å². The molecule has 2 unspecified atom stereocenters. The number of nitrogens with zero attached hydrogens (tertiary/aromatic N) is 1. The van der Waals surface area contributed by atoms with Gasteiger partial charge in [0.15, 0.2) is 0 Å². The van der Waals surface area contributed by atoms with Crippen LogP contribution in [-0.4, -0.2) is 60.7 Å². The highest BCUT2D eigenvalue weighted by molar-refractivity contribution is 7.89. The van der Waals surface area contributed by atoms with E-state index in [1.165, 1.54) is 35.5 Å². The number of benzene rings is 2. The maximum atomic E-state index is 13.5. The predicted molar refractivity (Wildman–Crippen MR) is 144 cm³/mol. The molecule has 0 spiro atoms. The van der Waals surface area contributed by atoms with Crippen molar-refractivity contribution in [1.82, 2.24) is 9.62 Å². The second kappa shape index (κ2) is 13.0. The smallest absolute Gasteiger partial charge is 0.407 e. The van der Waals surface area contributed by atoms with Crippen molar-refractivity contribution in [3.05, 3.63) is 60.2 Å². The summed E-state index contributed by atoms with van der Waals surface area (Å²) in [6, 6.07) is 14.4. The zero-order valence-electron chi connectivity index (χ0n) is 22.4.